The van der Waals surface area contributed by atoms with Crippen molar-refractivity contribution in [2.45, 2.75) is 232 Å². The van der Waals surface area contributed by atoms with Crippen LogP contribution in [0.25, 0.3) is 0 Å². The molecule has 0 aliphatic carbocycles. The van der Waals surface area contributed by atoms with Crippen molar-refractivity contribution < 1.29 is 42.9 Å². The molecule has 0 heterocycles. The molecule has 0 saturated heterocycles. The van der Waals surface area contributed by atoms with Gasteiger partial charge in [0.05, 0.1) is 40.3 Å². The van der Waals surface area contributed by atoms with Gasteiger partial charge in [-0.15, -0.1) is 0 Å². The van der Waals surface area contributed by atoms with Gasteiger partial charge in [0.1, 0.15) is 13.2 Å². The van der Waals surface area contributed by atoms with Crippen molar-refractivity contribution in [2.75, 3.05) is 47.5 Å². The lowest BCUT2D eigenvalue weighted by Crippen LogP contribution is -2.44. The maximum absolute atomic E-state index is 12.9. The molecule has 0 bridgehead atoms. The molecule has 9 nitrogen and oxygen atoms in total. The van der Waals surface area contributed by atoms with Crippen molar-refractivity contribution in [1.82, 2.24) is 0 Å². The molecule has 0 aromatic rings. The monoisotopic (exact) mass is 1200 g/mol. The van der Waals surface area contributed by atoms with Crippen LogP contribution in [-0.2, 0) is 33.3 Å². The van der Waals surface area contributed by atoms with Crippen LogP contribution < -0.4 is 5.11 Å². The van der Waals surface area contributed by atoms with Crippen LogP contribution in [0.5, 0.6) is 0 Å². The van der Waals surface area contributed by atoms with E-state index >= 15 is 0 Å². The van der Waals surface area contributed by atoms with Crippen LogP contribution in [0.15, 0.2) is 194 Å². The van der Waals surface area contributed by atoms with Crippen molar-refractivity contribution in [1.29, 1.82) is 0 Å². The van der Waals surface area contributed by atoms with Crippen LogP contribution in [-0.4, -0.2) is 82.3 Å². The number of carbonyl (C=O) groups excluding carboxylic acids is 3. The molecule has 87 heavy (non-hydrogen) atoms. The Morgan fingerprint density at radius 2 is 0.621 bits per heavy atom. The number of esters is 2. The summed E-state index contributed by atoms with van der Waals surface area (Å²) in [4.78, 5) is 37.5. The molecule has 0 amide bonds. The summed E-state index contributed by atoms with van der Waals surface area (Å²) in [5.41, 5.74) is 0. The second kappa shape index (κ2) is 66.1. The lowest BCUT2D eigenvalue weighted by Gasteiger charge is -2.26. The maximum Gasteiger partial charge on any atom is 0.306 e. The molecule has 0 spiro atoms. The largest absolute Gasteiger partial charge is 0.545 e. The summed E-state index contributed by atoms with van der Waals surface area (Å²) in [6, 6.07) is 0. The Balaban J connectivity index is 4.32. The topological polar surface area (TPSA) is 111 Å². The Morgan fingerprint density at radius 1 is 0.345 bits per heavy atom. The molecule has 0 saturated carbocycles. The summed E-state index contributed by atoms with van der Waals surface area (Å²) < 4.78 is 22.7. The number of quaternary nitrogens is 1. The van der Waals surface area contributed by atoms with Gasteiger partial charge in [0, 0.05) is 12.8 Å². The van der Waals surface area contributed by atoms with Crippen molar-refractivity contribution in [3.05, 3.63) is 194 Å². The van der Waals surface area contributed by atoms with Crippen LogP contribution in [0.4, 0.5) is 0 Å². The fraction of sp³-hybridized carbons (Fsp3) is 0.551. The first kappa shape index (κ1) is 81.1. The van der Waals surface area contributed by atoms with E-state index in [2.05, 4.69) is 208 Å². The number of hydrogen-bond acceptors (Lipinski definition) is 8. The highest BCUT2D eigenvalue weighted by Crippen LogP contribution is 2.14. The van der Waals surface area contributed by atoms with Gasteiger partial charge in [-0.3, -0.25) is 9.59 Å². The minimum atomic E-state index is -1.65. The number of nitrogens with zero attached hydrogens (tertiary/aromatic N) is 1. The average molecular weight is 1200 g/mol. The summed E-state index contributed by atoms with van der Waals surface area (Å²) in [5, 5.41) is 11.8. The number of rotatable bonds is 59. The Labute approximate surface area is 532 Å². The summed E-state index contributed by atoms with van der Waals surface area (Å²) in [6.07, 6.45) is 99.2. The fourth-order valence-electron chi connectivity index (χ4n) is 8.27. The highest BCUT2D eigenvalue weighted by atomic mass is 16.7. The van der Waals surface area contributed by atoms with Crippen molar-refractivity contribution in [3.63, 3.8) is 0 Å². The fourth-order valence-corrected chi connectivity index (χ4v) is 8.27. The van der Waals surface area contributed by atoms with Crippen LogP contribution in [0.2, 0.25) is 0 Å². The molecular weight excluding hydrogens is 1080 g/mol. The van der Waals surface area contributed by atoms with E-state index in [9.17, 15) is 19.5 Å². The molecule has 9 heteroatoms. The molecule has 0 fully saturated rings. The molecule has 486 valence electrons. The number of carbonyl (C=O) groups is 3. The molecular formula is C78H121NO8. The van der Waals surface area contributed by atoms with E-state index in [1.807, 2.05) is 21.1 Å². The van der Waals surface area contributed by atoms with Gasteiger partial charge >= 0.3 is 11.9 Å². The van der Waals surface area contributed by atoms with Crippen LogP contribution in [0.1, 0.15) is 219 Å². The third-order valence-electron chi connectivity index (χ3n) is 13.3. The highest BCUT2D eigenvalue weighted by Gasteiger charge is 2.22. The zero-order valence-electron chi connectivity index (χ0n) is 55.3. The van der Waals surface area contributed by atoms with Gasteiger partial charge in [-0.2, -0.15) is 0 Å². The predicted octanol–water partition coefficient (Wildman–Crippen LogP) is 19.7. The Hall–Kier alpha value is -5.87. The Morgan fingerprint density at radius 3 is 0.920 bits per heavy atom. The number of allylic oxidation sites excluding steroid dienone is 32. The van der Waals surface area contributed by atoms with E-state index in [1.165, 1.54) is 19.3 Å². The molecule has 2 unspecified atom stereocenters. The van der Waals surface area contributed by atoms with Crippen molar-refractivity contribution in [2.24, 2.45) is 0 Å². The third-order valence-corrected chi connectivity index (χ3v) is 13.3. The molecule has 0 aliphatic rings. The molecule has 0 aromatic heterocycles. The van der Waals surface area contributed by atoms with Crippen molar-refractivity contribution in [3.8, 4) is 0 Å². The lowest BCUT2D eigenvalue weighted by molar-refractivity contribution is -0.870. The zero-order chi connectivity index (χ0) is 63.3. The number of carboxylic acid groups (broad SMARTS) is 1. The van der Waals surface area contributed by atoms with Crippen LogP contribution in [0, 0.1) is 0 Å². The van der Waals surface area contributed by atoms with E-state index in [4.69, 9.17) is 18.9 Å². The highest BCUT2D eigenvalue weighted by molar-refractivity contribution is 5.70. The summed E-state index contributed by atoms with van der Waals surface area (Å²) in [6.45, 7) is 4.45. The van der Waals surface area contributed by atoms with Gasteiger partial charge in [0.2, 0.25) is 0 Å². The predicted molar refractivity (Wildman–Crippen MR) is 370 cm³/mol. The molecule has 0 radical (unpaired) electrons. The van der Waals surface area contributed by atoms with E-state index in [-0.39, 0.29) is 38.6 Å². The van der Waals surface area contributed by atoms with Gasteiger partial charge in [-0.25, -0.2) is 0 Å². The average Bonchev–Trinajstić information content (AvgIpc) is 3.59. The molecule has 0 rings (SSSR count). The first-order valence-electron chi connectivity index (χ1n) is 33.6. The van der Waals surface area contributed by atoms with Gasteiger partial charge in [0.15, 0.2) is 12.4 Å². The smallest absolute Gasteiger partial charge is 0.306 e. The van der Waals surface area contributed by atoms with Crippen LogP contribution >= 0.6 is 0 Å². The number of unbranched alkanes of at least 4 members (excludes halogenated alkanes) is 12. The number of hydrogen-bond donors (Lipinski definition) is 0. The van der Waals surface area contributed by atoms with Gasteiger partial charge in [-0.05, 0) is 141 Å². The summed E-state index contributed by atoms with van der Waals surface area (Å²) in [5.74, 6) is -2.35. The molecule has 0 N–H and O–H groups in total. The van der Waals surface area contributed by atoms with Crippen LogP contribution in [0.3, 0.4) is 0 Å². The van der Waals surface area contributed by atoms with Crippen molar-refractivity contribution >= 4 is 17.9 Å². The van der Waals surface area contributed by atoms with E-state index < -0.39 is 24.3 Å². The minimum absolute atomic E-state index is 0.130. The quantitative estimate of drug-likeness (QED) is 0.0195. The summed E-state index contributed by atoms with van der Waals surface area (Å²) in [7, 11) is 5.90. The van der Waals surface area contributed by atoms with E-state index in [0.717, 1.165) is 161 Å². The van der Waals surface area contributed by atoms with Gasteiger partial charge in [-0.1, -0.05) is 260 Å². The van der Waals surface area contributed by atoms with E-state index in [1.54, 1.807) is 0 Å². The third kappa shape index (κ3) is 67.5. The first-order valence-corrected chi connectivity index (χ1v) is 33.6. The van der Waals surface area contributed by atoms with Gasteiger partial charge < -0.3 is 33.3 Å². The number of likely N-dealkylation sites (N-methyl/N-ethyl adjacent to an activating group) is 1. The number of ether oxygens (including phenoxy) is 4. The number of aliphatic carboxylic acids is 1. The lowest BCUT2D eigenvalue weighted by atomic mass is 10.1. The number of carboxylic acids is 1. The molecule has 0 aliphatic heterocycles. The second-order valence-electron chi connectivity index (χ2n) is 22.6. The van der Waals surface area contributed by atoms with Gasteiger partial charge in [0.25, 0.3) is 0 Å². The molecule has 0 aromatic carbocycles. The Kier molecular flexibility index (Phi) is 61.6. The van der Waals surface area contributed by atoms with E-state index in [0.29, 0.717) is 23.9 Å². The summed E-state index contributed by atoms with van der Waals surface area (Å²) >= 11 is 0. The minimum Gasteiger partial charge on any atom is -0.545 e. The maximum atomic E-state index is 12.9. The normalized spacial score (nSPS) is 14.0. The molecule has 2 atom stereocenters. The standard InChI is InChI=1S/C78H121NO8/c1-6-8-10-12-14-16-18-20-22-24-26-28-30-32-34-36-37-38-39-41-43-45-47-49-51-53-55-57-59-61-63-65-67-69-76(81)87-74(73-86-78(77(82)83)84-71-70-79(3,4)5)72-85-75(80)68-66-64-62-60-58-56-54-52-50-48-46-44-42-40-35-33-31-29-27-25-23-21-19-17-15-13-11-9-7-2/h8-11,14-17,20-23,26-29,32-35,37-38,41-44,47-50,53,55,74,78H,6-7,12-13,18-19,24-25,30-31,36,39-40,45-46,51-52,54,56-73H2,1-5H3/b10-8-,11-9-,16-14-,17-15-,22-20-,23-21-,28-26-,29-27-,34-32-,35-33-,38-37-,43-41-,44-42-,49-47-,50-48-,55-53-. The zero-order valence-corrected chi connectivity index (χ0v) is 55.3. The second-order valence-corrected chi connectivity index (χ2v) is 22.6. The first-order chi connectivity index (χ1) is 42.6. The Bertz CT molecular complexity index is 2130. The SMILES string of the molecule is CC/C=C\C/C=C\C/C=C\C/C=C\C/C=C\C/C=C\C/C=C\C/C=C\C/C=C\CCCCCCCC(=O)OC(COC(=O)CCCCCCCCC/C=C\C/C=C\C/C=C\C/C=C\C/C=C\C/C=C\C/C=C\CC)COC(OCC[N+](C)(C)C)C(=O)[O-].